The molecule has 5 nitrogen and oxygen atoms in total. The molecular formula is C20H22N2O3. The zero-order chi connectivity index (χ0) is 17.8. The van der Waals surface area contributed by atoms with Gasteiger partial charge in [-0.25, -0.2) is 0 Å². The monoisotopic (exact) mass is 338 g/mol. The number of nitrogens with one attached hydrogen (secondary N) is 1. The van der Waals surface area contributed by atoms with E-state index in [0.717, 1.165) is 22.6 Å². The Hall–Kier alpha value is -2.82. The predicted octanol–water partition coefficient (Wildman–Crippen LogP) is 2.99. The number of nitrogens with zero attached hydrogens (tertiary/aromatic N) is 1. The third-order valence-corrected chi connectivity index (χ3v) is 4.18. The van der Waals surface area contributed by atoms with Gasteiger partial charge in [0, 0.05) is 24.7 Å². The lowest BCUT2D eigenvalue weighted by Gasteiger charge is -2.18. The molecule has 0 saturated carbocycles. The van der Waals surface area contributed by atoms with Crippen LogP contribution in [0.1, 0.15) is 30.5 Å². The normalized spacial score (nSPS) is 15.8. The Morgan fingerprint density at radius 1 is 1.20 bits per heavy atom. The van der Waals surface area contributed by atoms with Gasteiger partial charge in [0.25, 0.3) is 5.91 Å². The van der Waals surface area contributed by atoms with Crippen molar-refractivity contribution in [3.05, 3.63) is 59.7 Å². The highest BCUT2D eigenvalue weighted by Gasteiger charge is 2.37. The predicted molar refractivity (Wildman–Crippen MR) is 96.6 cm³/mol. The summed E-state index contributed by atoms with van der Waals surface area (Å²) in [4.78, 5) is 25.8. The van der Waals surface area contributed by atoms with Crippen LogP contribution >= 0.6 is 0 Å². The maximum absolute atomic E-state index is 12.7. The molecule has 0 saturated heterocycles. The van der Waals surface area contributed by atoms with Crippen LogP contribution in [0.5, 0.6) is 5.75 Å². The molecule has 0 aliphatic carbocycles. The third-order valence-electron chi connectivity index (χ3n) is 4.18. The van der Waals surface area contributed by atoms with Gasteiger partial charge >= 0.3 is 0 Å². The quantitative estimate of drug-likeness (QED) is 0.824. The Kier molecular flexibility index (Phi) is 5.03. The third kappa shape index (κ3) is 3.82. The molecule has 0 spiro atoms. The van der Waals surface area contributed by atoms with Crippen molar-refractivity contribution in [1.82, 2.24) is 5.32 Å². The van der Waals surface area contributed by atoms with Crippen molar-refractivity contribution in [3.63, 3.8) is 0 Å². The van der Waals surface area contributed by atoms with E-state index >= 15 is 0 Å². The van der Waals surface area contributed by atoms with Crippen molar-refractivity contribution in [3.8, 4) is 5.75 Å². The van der Waals surface area contributed by atoms with Crippen LogP contribution in [0.4, 0.5) is 5.69 Å². The summed E-state index contributed by atoms with van der Waals surface area (Å²) in [5.74, 6) is 0.536. The summed E-state index contributed by atoms with van der Waals surface area (Å²) in [6.07, 6.45) is 0.709. The summed E-state index contributed by atoms with van der Waals surface area (Å²) in [7, 11) is 0. The summed E-state index contributed by atoms with van der Waals surface area (Å²) in [5, 5.41) is 2.74. The molecule has 0 unspecified atom stereocenters. The van der Waals surface area contributed by atoms with Gasteiger partial charge in [0.05, 0.1) is 6.61 Å². The minimum atomic E-state index is -0.591. The first-order valence-electron chi connectivity index (χ1n) is 8.43. The molecule has 130 valence electrons. The molecule has 1 N–H and O–H groups in total. The van der Waals surface area contributed by atoms with Crippen LogP contribution in [-0.4, -0.2) is 25.0 Å². The van der Waals surface area contributed by atoms with E-state index in [1.165, 1.54) is 6.92 Å². The van der Waals surface area contributed by atoms with E-state index in [9.17, 15) is 9.59 Å². The first-order chi connectivity index (χ1) is 12.1. The standard InChI is InChI=1S/C20H22N2O3/c1-14-7-5-8-16(13-14)25-12-6-11-22-18-10-4-3-9-17(18)19(20(22)24)21-15(2)23/h3-5,7-10,13,19H,6,11-12H2,1-2H3,(H,21,23)/t19-/m1/s1. The maximum Gasteiger partial charge on any atom is 0.254 e. The molecule has 2 aromatic rings. The van der Waals surface area contributed by atoms with Gasteiger partial charge in [-0.05, 0) is 37.1 Å². The van der Waals surface area contributed by atoms with Crippen molar-refractivity contribution in [2.24, 2.45) is 0 Å². The number of hydrogen-bond acceptors (Lipinski definition) is 3. The topological polar surface area (TPSA) is 58.6 Å². The van der Waals surface area contributed by atoms with E-state index in [-0.39, 0.29) is 11.8 Å². The fourth-order valence-corrected chi connectivity index (χ4v) is 3.08. The number of fused-ring (bicyclic) bond motifs is 1. The van der Waals surface area contributed by atoms with Crippen molar-refractivity contribution in [1.29, 1.82) is 0 Å². The maximum atomic E-state index is 12.7. The van der Waals surface area contributed by atoms with Gasteiger partial charge in [0.1, 0.15) is 11.8 Å². The molecule has 1 atom stereocenters. The second-order valence-corrected chi connectivity index (χ2v) is 6.20. The SMILES string of the molecule is CC(=O)N[C@H]1C(=O)N(CCCOc2cccc(C)c2)c2ccccc21. The summed E-state index contributed by atoms with van der Waals surface area (Å²) in [5.41, 5.74) is 2.86. The molecule has 5 heteroatoms. The molecule has 1 heterocycles. The van der Waals surface area contributed by atoms with Crippen LogP contribution in [0.2, 0.25) is 0 Å². The second kappa shape index (κ2) is 7.38. The van der Waals surface area contributed by atoms with Crippen molar-refractivity contribution < 1.29 is 14.3 Å². The van der Waals surface area contributed by atoms with Gasteiger partial charge in [0.2, 0.25) is 5.91 Å². The van der Waals surface area contributed by atoms with Gasteiger partial charge in [-0.1, -0.05) is 30.3 Å². The van der Waals surface area contributed by atoms with Crippen molar-refractivity contribution in [2.75, 3.05) is 18.1 Å². The van der Waals surface area contributed by atoms with Crippen LogP contribution < -0.4 is 15.0 Å². The largest absolute Gasteiger partial charge is 0.494 e. The second-order valence-electron chi connectivity index (χ2n) is 6.20. The number of ether oxygens (including phenoxy) is 1. The Labute approximate surface area is 147 Å². The average Bonchev–Trinajstić information content (AvgIpc) is 2.84. The van der Waals surface area contributed by atoms with Crippen LogP contribution in [0.25, 0.3) is 0 Å². The molecule has 2 aromatic carbocycles. The van der Waals surface area contributed by atoms with E-state index in [1.807, 2.05) is 55.5 Å². The zero-order valence-corrected chi connectivity index (χ0v) is 14.5. The first kappa shape index (κ1) is 17.0. The molecule has 0 radical (unpaired) electrons. The Balaban J connectivity index is 1.62. The van der Waals surface area contributed by atoms with Crippen LogP contribution in [0.15, 0.2) is 48.5 Å². The molecule has 0 fully saturated rings. The Bertz CT molecular complexity index is 788. The lowest BCUT2D eigenvalue weighted by Crippen LogP contribution is -2.37. The lowest BCUT2D eigenvalue weighted by molar-refractivity contribution is -0.126. The van der Waals surface area contributed by atoms with E-state index in [2.05, 4.69) is 5.32 Å². The minimum absolute atomic E-state index is 0.0908. The smallest absolute Gasteiger partial charge is 0.254 e. The van der Waals surface area contributed by atoms with Crippen LogP contribution in [0.3, 0.4) is 0 Å². The number of amides is 2. The summed E-state index contributed by atoms with van der Waals surface area (Å²) in [6.45, 7) is 4.53. The van der Waals surface area contributed by atoms with Crippen LogP contribution in [-0.2, 0) is 9.59 Å². The number of rotatable bonds is 6. The Morgan fingerprint density at radius 3 is 2.76 bits per heavy atom. The highest BCUT2D eigenvalue weighted by atomic mass is 16.5. The summed E-state index contributed by atoms with van der Waals surface area (Å²) >= 11 is 0. The molecule has 1 aliphatic rings. The molecular weight excluding hydrogens is 316 g/mol. The van der Waals surface area contributed by atoms with E-state index in [1.54, 1.807) is 4.90 Å². The highest BCUT2D eigenvalue weighted by molar-refractivity contribution is 6.06. The summed E-state index contributed by atoms with van der Waals surface area (Å²) in [6, 6.07) is 14.9. The number of carbonyl (C=O) groups excluding carboxylic acids is 2. The van der Waals surface area contributed by atoms with Crippen molar-refractivity contribution >= 4 is 17.5 Å². The Morgan fingerprint density at radius 2 is 2.00 bits per heavy atom. The molecule has 3 rings (SSSR count). The number of anilines is 1. The van der Waals surface area contributed by atoms with E-state index in [4.69, 9.17) is 4.74 Å². The number of benzene rings is 2. The highest BCUT2D eigenvalue weighted by Crippen LogP contribution is 2.35. The molecule has 25 heavy (non-hydrogen) atoms. The van der Waals surface area contributed by atoms with Gasteiger partial charge in [-0.3, -0.25) is 9.59 Å². The fourth-order valence-electron chi connectivity index (χ4n) is 3.08. The number of hydrogen-bond donors (Lipinski definition) is 1. The number of carbonyl (C=O) groups is 2. The van der Waals surface area contributed by atoms with Gasteiger partial charge in [-0.15, -0.1) is 0 Å². The molecule has 0 aromatic heterocycles. The molecule has 0 bridgehead atoms. The van der Waals surface area contributed by atoms with Gasteiger partial charge < -0.3 is 15.0 Å². The first-order valence-corrected chi connectivity index (χ1v) is 8.43. The number of aryl methyl sites for hydroxylation is 1. The van der Waals surface area contributed by atoms with E-state index < -0.39 is 6.04 Å². The molecule has 2 amide bonds. The minimum Gasteiger partial charge on any atom is -0.494 e. The van der Waals surface area contributed by atoms with Gasteiger partial charge in [-0.2, -0.15) is 0 Å². The average molecular weight is 338 g/mol. The van der Waals surface area contributed by atoms with Crippen LogP contribution in [0, 0.1) is 6.92 Å². The zero-order valence-electron chi connectivity index (χ0n) is 14.5. The summed E-state index contributed by atoms with van der Waals surface area (Å²) < 4.78 is 5.75. The number of para-hydroxylation sites is 1. The van der Waals surface area contributed by atoms with Crippen molar-refractivity contribution in [2.45, 2.75) is 26.3 Å². The van der Waals surface area contributed by atoms with Gasteiger partial charge in [0.15, 0.2) is 0 Å². The fraction of sp³-hybridized carbons (Fsp3) is 0.300. The van der Waals surface area contributed by atoms with E-state index in [0.29, 0.717) is 19.6 Å². The molecule has 1 aliphatic heterocycles. The lowest BCUT2D eigenvalue weighted by atomic mass is 10.1.